The van der Waals surface area contributed by atoms with Crippen LogP contribution in [0.3, 0.4) is 0 Å². The van der Waals surface area contributed by atoms with E-state index in [0.29, 0.717) is 12.3 Å². The van der Waals surface area contributed by atoms with E-state index in [9.17, 15) is 8.42 Å². The third-order valence-corrected chi connectivity index (χ3v) is 5.31. The van der Waals surface area contributed by atoms with E-state index < -0.39 is 10.1 Å². The maximum Gasteiger partial charge on any atom is 0.339 e. The fraction of sp³-hybridized carbons (Fsp3) is 0.143. The Bertz CT molecular complexity index is 999. The second kappa shape index (κ2) is 7.62. The van der Waals surface area contributed by atoms with Crippen LogP contribution in [0.5, 0.6) is 5.75 Å². The van der Waals surface area contributed by atoms with Gasteiger partial charge in [0.15, 0.2) is 0 Å². The quantitative estimate of drug-likeness (QED) is 0.643. The molecule has 0 aliphatic rings. The number of anilines is 1. The molecule has 3 rings (SSSR count). The van der Waals surface area contributed by atoms with Crippen LogP contribution in [0.2, 0.25) is 0 Å². The van der Waals surface area contributed by atoms with Crippen molar-refractivity contribution in [2.24, 2.45) is 0 Å². The summed E-state index contributed by atoms with van der Waals surface area (Å²) in [7, 11) is -3.86. The molecule has 0 bridgehead atoms. The van der Waals surface area contributed by atoms with Gasteiger partial charge in [-0.1, -0.05) is 48.5 Å². The number of para-hydroxylation sites is 1. The molecular formula is C21H21NO3S. The average Bonchev–Trinajstić information content (AvgIpc) is 2.64. The first-order valence-electron chi connectivity index (χ1n) is 8.34. The minimum absolute atomic E-state index is 0.136. The Hall–Kier alpha value is -2.79. The maximum absolute atomic E-state index is 12.5. The Morgan fingerprint density at radius 3 is 2.35 bits per heavy atom. The van der Waals surface area contributed by atoms with Crippen molar-refractivity contribution in [2.75, 3.05) is 5.32 Å². The molecule has 0 saturated heterocycles. The lowest BCUT2D eigenvalue weighted by Gasteiger charge is -2.14. The minimum Gasteiger partial charge on any atom is -0.381 e. The molecule has 0 heterocycles. The average molecular weight is 367 g/mol. The van der Waals surface area contributed by atoms with E-state index in [4.69, 9.17) is 4.18 Å². The van der Waals surface area contributed by atoms with Gasteiger partial charge in [-0.2, -0.15) is 8.42 Å². The highest BCUT2D eigenvalue weighted by atomic mass is 32.2. The Labute approximate surface area is 154 Å². The Kier molecular flexibility index (Phi) is 5.28. The van der Waals surface area contributed by atoms with Crippen LogP contribution in [0.15, 0.2) is 77.7 Å². The van der Waals surface area contributed by atoms with Crippen LogP contribution in [-0.2, 0) is 16.7 Å². The van der Waals surface area contributed by atoms with E-state index >= 15 is 0 Å². The summed E-state index contributed by atoms with van der Waals surface area (Å²) in [5.74, 6) is 0.328. The van der Waals surface area contributed by atoms with Gasteiger partial charge < -0.3 is 9.50 Å². The van der Waals surface area contributed by atoms with Gasteiger partial charge in [-0.3, -0.25) is 0 Å². The van der Waals surface area contributed by atoms with E-state index in [2.05, 4.69) is 23.5 Å². The molecule has 0 aromatic heterocycles. The van der Waals surface area contributed by atoms with Crippen molar-refractivity contribution < 1.29 is 12.6 Å². The van der Waals surface area contributed by atoms with Crippen molar-refractivity contribution in [1.82, 2.24) is 0 Å². The number of nitrogens with one attached hydrogen (secondary N) is 1. The van der Waals surface area contributed by atoms with Gasteiger partial charge in [0.2, 0.25) is 0 Å². The summed E-state index contributed by atoms with van der Waals surface area (Å²) in [4.78, 5) is 0.136. The summed E-state index contributed by atoms with van der Waals surface area (Å²) in [5.41, 5.74) is 4.08. The summed E-state index contributed by atoms with van der Waals surface area (Å²) in [6.45, 7) is 4.53. The van der Waals surface area contributed by atoms with Crippen molar-refractivity contribution in [3.8, 4) is 5.75 Å². The van der Waals surface area contributed by atoms with Crippen LogP contribution in [-0.4, -0.2) is 8.42 Å². The number of hydrogen-bond donors (Lipinski definition) is 1. The van der Waals surface area contributed by atoms with Gasteiger partial charge >= 0.3 is 10.1 Å². The fourth-order valence-corrected chi connectivity index (χ4v) is 3.59. The summed E-state index contributed by atoms with van der Waals surface area (Å²) in [6, 6.07) is 21.5. The topological polar surface area (TPSA) is 55.4 Å². The fourth-order valence-electron chi connectivity index (χ4n) is 2.60. The van der Waals surface area contributed by atoms with Crippen LogP contribution < -0.4 is 9.50 Å². The molecule has 1 N–H and O–H groups in total. The Balaban J connectivity index is 1.81. The molecule has 0 unspecified atom stereocenters. The SMILES string of the molecule is Cc1ccc(C)c(NCc2ccccc2OS(=O)(=O)c2ccccc2)c1. The third-order valence-electron chi connectivity index (χ3n) is 4.07. The highest BCUT2D eigenvalue weighted by molar-refractivity contribution is 7.87. The van der Waals surface area contributed by atoms with Crippen molar-refractivity contribution in [1.29, 1.82) is 0 Å². The first-order chi connectivity index (χ1) is 12.5. The summed E-state index contributed by atoms with van der Waals surface area (Å²) in [6.07, 6.45) is 0. The lowest BCUT2D eigenvalue weighted by Crippen LogP contribution is -2.12. The van der Waals surface area contributed by atoms with Gasteiger partial charge in [-0.15, -0.1) is 0 Å². The van der Waals surface area contributed by atoms with E-state index in [1.165, 1.54) is 12.1 Å². The predicted octanol–water partition coefficient (Wildman–Crippen LogP) is 4.68. The molecule has 26 heavy (non-hydrogen) atoms. The van der Waals surface area contributed by atoms with Crippen LogP contribution >= 0.6 is 0 Å². The molecule has 0 aliphatic heterocycles. The van der Waals surface area contributed by atoms with Gasteiger partial charge in [0, 0.05) is 17.8 Å². The third kappa shape index (κ3) is 4.24. The van der Waals surface area contributed by atoms with Crippen molar-refractivity contribution in [3.05, 3.63) is 89.5 Å². The maximum atomic E-state index is 12.5. The van der Waals surface area contributed by atoms with E-state index in [-0.39, 0.29) is 4.90 Å². The van der Waals surface area contributed by atoms with Gasteiger partial charge in [0.1, 0.15) is 10.6 Å². The number of rotatable bonds is 6. The number of aryl methyl sites for hydroxylation is 2. The summed E-state index contributed by atoms with van der Waals surface area (Å²) < 4.78 is 30.4. The molecule has 0 atom stereocenters. The van der Waals surface area contributed by atoms with Gasteiger partial charge in [0.05, 0.1) is 0 Å². The first-order valence-corrected chi connectivity index (χ1v) is 9.75. The monoisotopic (exact) mass is 367 g/mol. The van der Waals surface area contributed by atoms with Crippen LogP contribution in [0.1, 0.15) is 16.7 Å². The molecular weight excluding hydrogens is 346 g/mol. The zero-order valence-electron chi connectivity index (χ0n) is 14.8. The molecule has 3 aromatic rings. The van der Waals surface area contributed by atoms with E-state index in [1.54, 1.807) is 30.3 Å². The largest absolute Gasteiger partial charge is 0.381 e. The Morgan fingerprint density at radius 1 is 0.885 bits per heavy atom. The smallest absolute Gasteiger partial charge is 0.339 e. The molecule has 134 valence electrons. The van der Waals surface area contributed by atoms with Crippen LogP contribution in [0, 0.1) is 13.8 Å². The molecule has 0 spiro atoms. The lowest BCUT2D eigenvalue weighted by atomic mass is 10.1. The number of benzene rings is 3. The van der Waals surface area contributed by atoms with Crippen LogP contribution in [0.4, 0.5) is 5.69 Å². The zero-order valence-corrected chi connectivity index (χ0v) is 15.6. The second-order valence-electron chi connectivity index (χ2n) is 6.13. The van der Waals surface area contributed by atoms with Crippen molar-refractivity contribution >= 4 is 15.8 Å². The van der Waals surface area contributed by atoms with Crippen molar-refractivity contribution in [2.45, 2.75) is 25.3 Å². The highest BCUT2D eigenvalue weighted by Gasteiger charge is 2.17. The summed E-state index contributed by atoms with van der Waals surface area (Å²) in [5, 5.41) is 3.36. The molecule has 5 heteroatoms. The van der Waals surface area contributed by atoms with Crippen LogP contribution in [0.25, 0.3) is 0 Å². The predicted molar refractivity (Wildman–Crippen MR) is 104 cm³/mol. The van der Waals surface area contributed by atoms with Crippen molar-refractivity contribution in [3.63, 3.8) is 0 Å². The molecule has 0 saturated carbocycles. The molecule has 0 fully saturated rings. The highest BCUT2D eigenvalue weighted by Crippen LogP contribution is 2.25. The normalized spacial score (nSPS) is 11.2. The molecule has 4 nitrogen and oxygen atoms in total. The minimum atomic E-state index is -3.86. The molecule has 3 aromatic carbocycles. The van der Waals surface area contributed by atoms with E-state index in [1.807, 2.05) is 26.0 Å². The van der Waals surface area contributed by atoms with Gasteiger partial charge in [0.25, 0.3) is 0 Å². The van der Waals surface area contributed by atoms with Gasteiger partial charge in [-0.05, 0) is 49.2 Å². The summed E-state index contributed by atoms with van der Waals surface area (Å²) >= 11 is 0. The molecule has 0 amide bonds. The lowest BCUT2D eigenvalue weighted by molar-refractivity contribution is 0.483. The van der Waals surface area contributed by atoms with E-state index in [0.717, 1.165) is 22.4 Å². The van der Waals surface area contributed by atoms with Gasteiger partial charge in [-0.25, -0.2) is 0 Å². The molecule has 0 radical (unpaired) electrons. The molecule has 0 aliphatic carbocycles. The standard InChI is InChI=1S/C21H21NO3S/c1-16-12-13-17(2)20(14-16)22-15-18-8-6-7-11-21(18)25-26(23,24)19-9-4-3-5-10-19/h3-14,22H,15H2,1-2H3. The zero-order chi connectivity index (χ0) is 18.6. The Morgan fingerprint density at radius 2 is 1.58 bits per heavy atom. The second-order valence-corrected chi connectivity index (χ2v) is 7.68. The first kappa shape index (κ1) is 18.0. The number of hydrogen-bond acceptors (Lipinski definition) is 4.